The highest BCUT2D eigenvalue weighted by Crippen LogP contribution is 2.32. The fourth-order valence-corrected chi connectivity index (χ4v) is 1.89. The van der Waals surface area contributed by atoms with Gasteiger partial charge in [0.15, 0.2) is 0 Å². The molecule has 0 spiro atoms. The van der Waals surface area contributed by atoms with Gasteiger partial charge in [0.05, 0.1) is 12.1 Å². The molecule has 0 saturated heterocycles. The molecule has 4 N–H and O–H groups in total. The summed E-state index contributed by atoms with van der Waals surface area (Å²) in [6, 6.07) is 3.68. The molecule has 3 nitrogen and oxygen atoms in total. The van der Waals surface area contributed by atoms with Crippen molar-refractivity contribution in [1.29, 1.82) is 0 Å². The predicted octanol–water partition coefficient (Wildman–Crippen LogP) is 2.25. The lowest BCUT2D eigenvalue weighted by Crippen LogP contribution is -2.26. The minimum atomic E-state index is -0.0894. The van der Waals surface area contributed by atoms with E-state index in [1.165, 1.54) is 0 Å². The normalized spacial score (nSPS) is 14.6. The molecule has 0 saturated carbocycles. The van der Waals surface area contributed by atoms with Crippen molar-refractivity contribution in [3.05, 3.63) is 28.3 Å². The molecule has 2 atom stereocenters. The van der Waals surface area contributed by atoms with E-state index in [1.807, 2.05) is 26.0 Å². The van der Waals surface area contributed by atoms with Gasteiger partial charge >= 0.3 is 0 Å². The summed E-state index contributed by atoms with van der Waals surface area (Å²) >= 11 is 6.08. The van der Waals surface area contributed by atoms with Crippen molar-refractivity contribution in [1.82, 2.24) is 0 Å². The number of benzene rings is 1. The number of nitrogens with two attached hydrogens (primary N) is 2. The Morgan fingerprint density at radius 2 is 2.06 bits per heavy atom. The fraction of sp³-hybridized carbons (Fsp3) is 0.500. The van der Waals surface area contributed by atoms with Crippen LogP contribution < -0.4 is 16.2 Å². The van der Waals surface area contributed by atoms with Crippen molar-refractivity contribution in [2.24, 2.45) is 17.4 Å². The Hall–Kier alpha value is -0.770. The second-order valence-corrected chi connectivity index (χ2v) is 4.49. The zero-order chi connectivity index (χ0) is 12.3. The molecule has 1 aromatic rings. The average molecular weight is 243 g/mol. The van der Waals surface area contributed by atoms with Crippen molar-refractivity contribution in [3.63, 3.8) is 0 Å². The van der Waals surface area contributed by atoms with Gasteiger partial charge in [-0.1, -0.05) is 18.5 Å². The Morgan fingerprint density at radius 3 is 2.56 bits per heavy atom. The molecule has 0 amide bonds. The second kappa shape index (κ2) is 5.53. The van der Waals surface area contributed by atoms with Crippen LogP contribution in [0.25, 0.3) is 0 Å². The van der Waals surface area contributed by atoms with Crippen LogP contribution in [0.15, 0.2) is 12.1 Å². The zero-order valence-corrected chi connectivity index (χ0v) is 10.7. The van der Waals surface area contributed by atoms with E-state index >= 15 is 0 Å². The topological polar surface area (TPSA) is 61.3 Å². The molecule has 0 aliphatic carbocycles. The maximum Gasteiger partial charge on any atom is 0.137 e. The maximum absolute atomic E-state index is 6.13. The molecule has 16 heavy (non-hydrogen) atoms. The monoisotopic (exact) mass is 242 g/mol. The molecule has 0 aromatic heterocycles. The third-order valence-electron chi connectivity index (χ3n) is 2.88. The third kappa shape index (κ3) is 2.67. The van der Waals surface area contributed by atoms with E-state index in [9.17, 15) is 0 Å². The van der Waals surface area contributed by atoms with Crippen molar-refractivity contribution >= 4 is 11.6 Å². The first-order valence-electron chi connectivity index (χ1n) is 5.31. The Balaban J connectivity index is 3.10. The van der Waals surface area contributed by atoms with Gasteiger partial charge in [0.25, 0.3) is 0 Å². The molecule has 0 radical (unpaired) electrons. The summed E-state index contributed by atoms with van der Waals surface area (Å²) in [5, 5.41) is 0.586. The standard InChI is InChI=1S/C12H19ClN2O/c1-7-4-11(16-3)10(13)5-9(7)12(15)8(2)6-14/h4-5,8,12H,6,14-15H2,1-3H3. The maximum atomic E-state index is 6.13. The highest BCUT2D eigenvalue weighted by molar-refractivity contribution is 6.32. The Bertz CT molecular complexity index is 368. The molecule has 0 fully saturated rings. The van der Waals surface area contributed by atoms with E-state index in [-0.39, 0.29) is 12.0 Å². The lowest BCUT2D eigenvalue weighted by atomic mass is 9.92. The molecule has 1 rings (SSSR count). The molecular formula is C12H19ClN2O. The second-order valence-electron chi connectivity index (χ2n) is 4.08. The summed E-state index contributed by atoms with van der Waals surface area (Å²) in [6.45, 7) is 4.59. The molecule has 0 aliphatic rings. The van der Waals surface area contributed by atoms with Crippen molar-refractivity contribution in [2.75, 3.05) is 13.7 Å². The first-order chi connectivity index (χ1) is 7.51. The summed E-state index contributed by atoms with van der Waals surface area (Å²) in [4.78, 5) is 0. The van der Waals surface area contributed by atoms with Crippen molar-refractivity contribution < 1.29 is 4.74 Å². The lowest BCUT2D eigenvalue weighted by Gasteiger charge is -2.21. The molecule has 2 unspecified atom stereocenters. The van der Waals surface area contributed by atoms with E-state index in [1.54, 1.807) is 7.11 Å². The van der Waals surface area contributed by atoms with Gasteiger partial charge in [-0.3, -0.25) is 0 Å². The molecule has 0 heterocycles. The quantitative estimate of drug-likeness (QED) is 0.852. The van der Waals surface area contributed by atoms with E-state index in [4.69, 9.17) is 27.8 Å². The van der Waals surface area contributed by atoms with Crippen LogP contribution in [-0.2, 0) is 0 Å². The summed E-state index contributed by atoms with van der Waals surface area (Å²) in [5.41, 5.74) is 13.9. The molecular weight excluding hydrogens is 224 g/mol. The summed E-state index contributed by atoms with van der Waals surface area (Å²) in [6.07, 6.45) is 0. The van der Waals surface area contributed by atoms with Crippen LogP contribution >= 0.6 is 11.6 Å². The number of ether oxygens (including phenoxy) is 1. The number of aryl methyl sites for hydroxylation is 1. The predicted molar refractivity (Wildman–Crippen MR) is 67.9 cm³/mol. The SMILES string of the molecule is COc1cc(C)c(C(N)C(C)CN)cc1Cl. The first-order valence-corrected chi connectivity index (χ1v) is 5.68. The number of hydrogen-bond donors (Lipinski definition) is 2. The van der Waals surface area contributed by atoms with Crippen LogP contribution in [0.3, 0.4) is 0 Å². The van der Waals surface area contributed by atoms with Gasteiger partial charge in [0.2, 0.25) is 0 Å². The summed E-state index contributed by atoms with van der Waals surface area (Å²) in [7, 11) is 1.60. The average Bonchev–Trinajstić information content (AvgIpc) is 2.29. The zero-order valence-electron chi connectivity index (χ0n) is 9.96. The Morgan fingerprint density at radius 1 is 1.44 bits per heavy atom. The van der Waals surface area contributed by atoms with E-state index in [2.05, 4.69) is 0 Å². The molecule has 4 heteroatoms. The molecule has 90 valence electrons. The third-order valence-corrected chi connectivity index (χ3v) is 3.18. The minimum Gasteiger partial charge on any atom is -0.495 e. The van der Waals surface area contributed by atoms with Crippen molar-refractivity contribution in [2.45, 2.75) is 19.9 Å². The number of rotatable bonds is 4. The highest BCUT2D eigenvalue weighted by Gasteiger charge is 2.17. The fourth-order valence-electron chi connectivity index (χ4n) is 1.64. The lowest BCUT2D eigenvalue weighted by molar-refractivity contribution is 0.413. The Kier molecular flexibility index (Phi) is 4.59. The molecule has 1 aromatic carbocycles. The van der Waals surface area contributed by atoms with Gasteiger partial charge in [0.1, 0.15) is 5.75 Å². The van der Waals surface area contributed by atoms with Crippen LogP contribution in [0.4, 0.5) is 0 Å². The molecule has 0 bridgehead atoms. The smallest absolute Gasteiger partial charge is 0.137 e. The van der Waals surface area contributed by atoms with Crippen LogP contribution in [0.1, 0.15) is 24.1 Å². The van der Waals surface area contributed by atoms with E-state index in [0.29, 0.717) is 17.3 Å². The van der Waals surface area contributed by atoms with Gasteiger partial charge in [-0.25, -0.2) is 0 Å². The van der Waals surface area contributed by atoms with Gasteiger partial charge in [-0.15, -0.1) is 0 Å². The largest absolute Gasteiger partial charge is 0.495 e. The minimum absolute atomic E-state index is 0.0894. The van der Waals surface area contributed by atoms with Crippen LogP contribution in [0.2, 0.25) is 5.02 Å². The van der Waals surface area contributed by atoms with Gasteiger partial charge in [-0.05, 0) is 42.6 Å². The van der Waals surface area contributed by atoms with Crippen LogP contribution in [-0.4, -0.2) is 13.7 Å². The van der Waals surface area contributed by atoms with Crippen LogP contribution in [0.5, 0.6) is 5.75 Å². The summed E-state index contributed by atoms with van der Waals surface area (Å²) < 4.78 is 5.15. The van der Waals surface area contributed by atoms with Crippen molar-refractivity contribution in [3.8, 4) is 5.75 Å². The molecule has 0 aliphatic heterocycles. The van der Waals surface area contributed by atoms with Crippen LogP contribution in [0, 0.1) is 12.8 Å². The number of halogens is 1. The number of methoxy groups -OCH3 is 1. The first kappa shape index (κ1) is 13.3. The highest BCUT2D eigenvalue weighted by atomic mass is 35.5. The van der Waals surface area contributed by atoms with Gasteiger partial charge < -0.3 is 16.2 Å². The van der Waals surface area contributed by atoms with E-state index < -0.39 is 0 Å². The van der Waals surface area contributed by atoms with E-state index in [0.717, 1.165) is 11.1 Å². The van der Waals surface area contributed by atoms with Gasteiger partial charge in [0, 0.05) is 6.04 Å². The van der Waals surface area contributed by atoms with Gasteiger partial charge in [-0.2, -0.15) is 0 Å². The summed E-state index contributed by atoms with van der Waals surface area (Å²) in [5.74, 6) is 0.902. The Labute approximate surface area is 102 Å². The number of hydrogen-bond acceptors (Lipinski definition) is 3.